The fourth-order valence-electron chi connectivity index (χ4n) is 3.90. The summed E-state index contributed by atoms with van der Waals surface area (Å²) < 4.78 is 12.0. The Morgan fingerprint density at radius 2 is 1.62 bits per heavy atom. The Balaban J connectivity index is 2.26. The SMILES string of the molecule is C[C@@H](O[Si](C)(C)C(C)(C)C)[C@H]1C(=O)N(CC(=O)OC(C)(C)C)[C@@H]1[C@@H](C)C(=O)Sc1ccccc1. The Labute approximate surface area is 210 Å². The molecular formula is C26H41NO5SSi. The molecule has 0 radical (unpaired) electrons. The van der Waals surface area contributed by atoms with Gasteiger partial charge in [-0.1, -0.05) is 57.7 Å². The normalized spacial score (nSPS) is 21.0. The molecule has 0 aliphatic carbocycles. The zero-order chi connectivity index (χ0) is 26.1. The van der Waals surface area contributed by atoms with Gasteiger partial charge in [0.05, 0.1) is 18.1 Å². The van der Waals surface area contributed by atoms with Crippen LogP contribution in [-0.2, 0) is 23.5 Å². The Morgan fingerprint density at radius 1 is 1.06 bits per heavy atom. The van der Waals surface area contributed by atoms with E-state index in [1.165, 1.54) is 16.7 Å². The number of rotatable bonds is 8. The number of carbonyl (C=O) groups is 3. The number of carbonyl (C=O) groups excluding carboxylic acids is 3. The van der Waals surface area contributed by atoms with E-state index in [2.05, 4.69) is 33.9 Å². The van der Waals surface area contributed by atoms with Crippen LogP contribution in [0.25, 0.3) is 0 Å². The van der Waals surface area contributed by atoms with Crippen molar-refractivity contribution < 1.29 is 23.5 Å². The van der Waals surface area contributed by atoms with Crippen molar-refractivity contribution in [3.63, 3.8) is 0 Å². The third-order valence-electron chi connectivity index (χ3n) is 6.65. The lowest BCUT2D eigenvalue weighted by Gasteiger charge is -2.52. The Bertz CT molecular complexity index is 891. The third kappa shape index (κ3) is 6.95. The summed E-state index contributed by atoms with van der Waals surface area (Å²) in [5.41, 5.74) is -0.650. The summed E-state index contributed by atoms with van der Waals surface area (Å²) in [4.78, 5) is 41.4. The van der Waals surface area contributed by atoms with Gasteiger partial charge in [-0.15, -0.1) is 0 Å². The minimum absolute atomic E-state index is 0.00957. The molecule has 1 aromatic rings. The molecule has 190 valence electrons. The molecule has 0 saturated carbocycles. The first-order chi connectivity index (χ1) is 15.4. The van der Waals surface area contributed by atoms with Gasteiger partial charge in [-0.05, 0) is 58.0 Å². The van der Waals surface area contributed by atoms with Gasteiger partial charge in [-0.2, -0.15) is 0 Å². The van der Waals surface area contributed by atoms with Crippen molar-refractivity contribution in [2.24, 2.45) is 11.8 Å². The van der Waals surface area contributed by atoms with Crippen LogP contribution in [0.4, 0.5) is 0 Å². The molecule has 1 aliphatic rings. The van der Waals surface area contributed by atoms with E-state index >= 15 is 0 Å². The number of ether oxygens (including phenoxy) is 1. The van der Waals surface area contributed by atoms with Crippen molar-refractivity contribution in [3.8, 4) is 0 Å². The largest absolute Gasteiger partial charge is 0.459 e. The summed E-state index contributed by atoms with van der Waals surface area (Å²) in [6.45, 7) is 19.7. The first kappa shape index (κ1) is 28.6. The second-order valence-corrected chi connectivity index (χ2v) is 17.5. The Hall–Kier alpha value is -1.64. The van der Waals surface area contributed by atoms with Gasteiger partial charge < -0.3 is 14.1 Å². The maximum Gasteiger partial charge on any atom is 0.326 e. The second-order valence-electron chi connectivity index (χ2n) is 11.7. The zero-order valence-corrected chi connectivity index (χ0v) is 24.1. The van der Waals surface area contributed by atoms with Gasteiger partial charge in [0.15, 0.2) is 13.4 Å². The van der Waals surface area contributed by atoms with Crippen LogP contribution in [-0.4, -0.2) is 54.5 Å². The third-order valence-corrected chi connectivity index (χ3v) is 12.3. The molecule has 0 bridgehead atoms. The molecule has 0 unspecified atom stereocenters. The maximum atomic E-state index is 13.3. The highest BCUT2D eigenvalue weighted by atomic mass is 32.2. The lowest BCUT2D eigenvalue weighted by molar-refractivity contribution is -0.178. The molecule has 8 heteroatoms. The maximum absolute atomic E-state index is 13.3. The molecule has 4 atom stereocenters. The molecular weight excluding hydrogens is 466 g/mol. The van der Waals surface area contributed by atoms with E-state index < -0.39 is 37.8 Å². The minimum atomic E-state index is -2.13. The monoisotopic (exact) mass is 507 g/mol. The first-order valence-electron chi connectivity index (χ1n) is 11.9. The Morgan fingerprint density at radius 3 is 2.12 bits per heavy atom. The smallest absolute Gasteiger partial charge is 0.326 e. The highest BCUT2D eigenvalue weighted by Crippen LogP contribution is 2.43. The second kappa shape index (κ2) is 10.5. The van der Waals surface area contributed by atoms with E-state index in [4.69, 9.17) is 9.16 Å². The number of esters is 1. The number of thioether (sulfide) groups is 1. The highest BCUT2D eigenvalue weighted by Gasteiger charge is 2.56. The number of benzene rings is 1. The van der Waals surface area contributed by atoms with E-state index in [1.54, 1.807) is 20.8 Å². The van der Waals surface area contributed by atoms with Gasteiger partial charge in [0.25, 0.3) is 0 Å². The van der Waals surface area contributed by atoms with Crippen LogP contribution in [0.3, 0.4) is 0 Å². The molecule has 6 nitrogen and oxygen atoms in total. The van der Waals surface area contributed by atoms with E-state index in [-0.39, 0.29) is 28.7 Å². The number of amides is 1. The Kier molecular flexibility index (Phi) is 8.87. The van der Waals surface area contributed by atoms with Crippen molar-refractivity contribution in [1.82, 2.24) is 4.90 Å². The van der Waals surface area contributed by atoms with Gasteiger partial charge in [-0.3, -0.25) is 14.4 Å². The molecule has 1 aliphatic heterocycles. The van der Waals surface area contributed by atoms with Crippen molar-refractivity contribution in [1.29, 1.82) is 0 Å². The summed E-state index contributed by atoms with van der Waals surface area (Å²) >= 11 is 1.17. The summed E-state index contributed by atoms with van der Waals surface area (Å²) in [6.07, 6.45) is -0.356. The quantitative estimate of drug-likeness (QED) is 0.200. The number of hydrogen-bond donors (Lipinski definition) is 0. The summed E-state index contributed by atoms with van der Waals surface area (Å²) in [5, 5.41) is -0.0490. The van der Waals surface area contributed by atoms with Crippen molar-refractivity contribution in [2.45, 2.75) is 96.2 Å². The molecule has 1 aromatic carbocycles. The molecule has 0 aromatic heterocycles. The van der Waals surface area contributed by atoms with Crippen molar-refractivity contribution in [2.75, 3.05) is 6.54 Å². The molecule has 0 spiro atoms. The lowest BCUT2D eigenvalue weighted by atomic mass is 9.77. The van der Waals surface area contributed by atoms with Gasteiger partial charge >= 0.3 is 5.97 Å². The highest BCUT2D eigenvalue weighted by molar-refractivity contribution is 8.13. The van der Waals surface area contributed by atoms with E-state index in [1.807, 2.05) is 44.2 Å². The van der Waals surface area contributed by atoms with E-state index in [0.29, 0.717) is 0 Å². The average molecular weight is 508 g/mol. The molecule has 1 amide bonds. The van der Waals surface area contributed by atoms with Crippen molar-refractivity contribution >= 4 is 37.1 Å². The van der Waals surface area contributed by atoms with Gasteiger partial charge in [-0.25, -0.2) is 0 Å². The van der Waals surface area contributed by atoms with Crippen LogP contribution < -0.4 is 0 Å². The average Bonchev–Trinajstić information content (AvgIpc) is 2.67. The van der Waals surface area contributed by atoms with E-state index in [9.17, 15) is 14.4 Å². The number of likely N-dealkylation sites (tertiary alicyclic amines) is 1. The van der Waals surface area contributed by atoms with Crippen LogP contribution in [0.5, 0.6) is 0 Å². The minimum Gasteiger partial charge on any atom is -0.459 e. The van der Waals surface area contributed by atoms with E-state index in [0.717, 1.165) is 4.90 Å². The lowest BCUT2D eigenvalue weighted by Crippen LogP contribution is -2.69. The molecule has 34 heavy (non-hydrogen) atoms. The topological polar surface area (TPSA) is 72.9 Å². The summed E-state index contributed by atoms with van der Waals surface area (Å²) in [7, 11) is -2.13. The predicted octanol–water partition coefficient (Wildman–Crippen LogP) is 5.52. The van der Waals surface area contributed by atoms with Crippen LogP contribution >= 0.6 is 11.8 Å². The number of hydrogen-bond acceptors (Lipinski definition) is 6. The van der Waals surface area contributed by atoms with Gasteiger partial charge in [0.1, 0.15) is 12.1 Å². The number of β-lactam (4-membered cyclic amide) rings is 1. The summed E-state index contributed by atoms with van der Waals surface area (Å²) in [5.74, 6) is -1.59. The van der Waals surface area contributed by atoms with Crippen LogP contribution in [0, 0.1) is 11.8 Å². The number of nitrogens with zero attached hydrogens (tertiary/aromatic N) is 1. The standard InChI is InChI=1S/C26H41NO5SSi/c1-17(24(30)33-19-14-12-11-13-15-19)22-21(18(2)32-34(9,10)26(6,7)8)23(29)27(22)16-20(28)31-25(3,4)5/h11-15,17-18,21-22H,16H2,1-10H3/t17-,18-,21-,22-/m1/s1. The van der Waals surface area contributed by atoms with Gasteiger partial charge in [0.2, 0.25) is 5.91 Å². The van der Waals surface area contributed by atoms with Crippen LogP contribution in [0.15, 0.2) is 35.2 Å². The molecule has 0 N–H and O–H groups in total. The molecule has 2 rings (SSSR count). The molecule has 1 fully saturated rings. The summed E-state index contributed by atoms with van der Waals surface area (Å²) in [6, 6.07) is 9.03. The first-order valence-corrected chi connectivity index (χ1v) is 15.6. The van der Waals surface area contributed by atoms with Gasteiger partial charge in [0, 0.05) is 10.8 Å². The van der Waals surface area contributed by atoms with Crippen LogP contribution in [0.1, 0.15) is 55.4 Å². The molecule has 1 heterocycles. The predicted molar refractivity (Wildman–Crippen MR) is 139 cm³/mol. The fraction of sp³-hybridized carbons (Fsp3) is 0.654. The fourth-order valence-corrected chi connectivity index (χ4v) is 6.18. The van der Waals surface area contributed by atoms with Crippen molar-refractivity contribution in [3.05, 3.63) is 30.3 Å². The van der Waals surface area contributed by atoms with Crippen LogP contribution in [0.2, 0.25) is 18.1 Å². The zero-order valence-electron chi connectivity index (χ0n) is 22.3. The molecule has 1 saturated heterocycles.